The van der Waals surface area contributed by atoms with Gasteiger partial charge >= 0.3 is 0 Å². The number of benzene rings is 6. The Morgan fingerprint density at radius 2 is 1.29 bits per heavy atom. The average Bonchev–Trinajstić information content (AvgIpc) is 3.70. The summed E-state index contributed by atoms with van der Waals surface area (Å²) in [4.78, 5) is 0. The number of anilines is 1. The quantitative estimate of drug-likeness (QED) is 0.232. The average molecular weight is 558 g/mol. The zero-order valence-corrected chi connectivity index (χ0v) is 23.7. The van der Waals surface area contributed by atoms with Gasteiger partial charge in [0.05, 0.1) is 29.4 Å². The molecule has 9 rings (SSSR count). The molecule has 3 nitrogen and oxygen atoms in total. The molecule has 4 heteroatoms. The molecule has 42 heavy (non-hydrogen) atoms. The fourth-order valence-corrected chi connectivity index (χ4v) is 7.89. The Morgan fingerprint density at radius 3 is 2.17 bits per heavy atom. The number of nitrogens with one attached hydrogen (secondary N) is 1. The highest BCUT2D eigenvalue weighted by atomic mass is 32.1. The van der Waals surface area contributed by atoms with Crippen molar-refractivity contribution in [3.8, 4) is 11.1 Å². The molecule has 0 saturated heterocycles. The van der Waals surface area contributed by atoms with Gasteiger partial charge < -0.3 is 9.99 Å². The van der Waals surface area contributed by atoms with Crippen molar-refractivity contribution in [2.75, 3.05) is 5.43 Å². The van der Waals surface area contributed by atoms with Crippen LogP contribution in [0, 0.1) is 0 Å². The van der Waals surface area contributed by atoms with E-state index < -0.39 is 0 Å². The van der Waals surface area contributed by atoms with Crippen LogP contribution >= 0.6 is 11.3 Å². The van der Waals surface area contributed by atoms with Crippen LogP contribution in [0.25, 0.3) is 53.1 Å². The monoisotopic (exact) mass is 557 g/mol. The van der Waals surface area contributed by atoms with Gasteiger partial charge in [-0.3, -0.25) is 0 Å². The Morgan fingerprint density at radius 1 is 0.548 bits per heavy atom. The molecule has 1 atom stereocenters. The third-order valence-corrected chi connectivity index (χ3v) is 9.84. The number of hydrazine groups is 1. The second-order valence-corrected chi connectivity index (χ2v) is 12.2. The lowest BCUT2D eigenvalue weighted by Crippen LogP contribution is -2.31. The van der Waals surface area contributed by atoms with E-state index in [1.165, 1.54) is 69.9 Å². The van der Waals surface area contributed by atoms with Crippen molar-refractivity contribution in [3.05, 3.63) is 151 Å². The zero-order chi connectivity index (χ0) is 27.6. The molecule has 1 N–H and O–H groups in total. The molecule has 0 radical (unpaired) electrons. The van der Waals surface area contributed by atoms with E-state index in [-0.39, 0.29) is 6.04 Å². The van der Waals surface area contributed by atoms with Crippen LogP contribution in [0.1, 0.15) is 17.2 Å². The van der Waals surface area contributed by atoms with Gasteiger partial charge in [0.15, 0.2) is 0 Å². The van der Waals surface area contributed by atoms with E-state index in [0.717, 1.165) is 0 Å². The van der Waals surface area contributed by atoms with E-state index in [0.29, 0.717) is 6.67 Å². The topological polar surface area (TPSA) is 20.2 Å². The minimum Gasteiger partial charge on any atom is -0.325 e. The molecule has 0 spiro atoms. The maximum absolute atomic E-state index is 3.76. The van der Waals surface area contributed by atoms with E-state index in [2.05, 4.69) is 155 Å². The summed E-state index contributed by atoms with van der Waals surface area (Å²) in [7, 11) is 0. The molecule has 1 aliphatic heterocycles. The molecule has 3 heterocycles. The normalized spacial score (nSPS) is 15.1. The van der Waals surface area contributed by atoms with E-state index in [9.17, 15) is 0 Å². The summed E-state index contributed by atoms with van der Waals surface area (Å²) < 4.78 is 5.17. The highest BCUT2D eigenvalue weighted by molar-refractivity contribution is 7.25. The third-order valence-electron chi connectivity index (χ3n) is 8.71. The first kappa shape index (κ1) is 23.8. The van der Waals surface area contributed by atoms with Crippen LogP contribution in [-0.4, -0.2) is 9.58 Å². The van der Waals surface area contributed by atoms with Crippen LogP contribution < -0.4 is 5.43 Å². The summed E-state index contributed by atoms with van der Waals surface area (Å²) in [6, 6.07) is 50.9. The van der Waals surface area contributed by atoms with Crippen molar-refractivity contribution in [2.24, 2.45) is 0 Å². The number of para-hydroxylation sites is 1. The van der Waals surface area contributed by atoms with Crippen LogP contribution in [0.3, 0.4) is 0 Å². The first-order valence-electron chi connectivity index (χ1n) is 14.4. The SMILES string of the molecule is c1ccc(-c2ccc3c(c2)c2cc4sc5ccccc5c4cc2n3CN2Nc3ccccc3C2c2ccccc2)cc1. The first-order valence-corrected chi connectivity index (χ1v) is 15.2. The number of thiophene rings is 1. The molecule has 0 saturated carbocycles. The Balaban J connectivity index is 1.28. The van der Waals surface area contributed by atoms with Crippen LogP contribution in [0.2, 0.25) is 0 Å². The number of hydrogen-bond acceptors (Lipinski definition) is 3. The summed E-state index contributed by atoms with van der Waals surface area (Å²) in [6.45, 7) is 0.701. The lowest BCUT2D eigenvalue weighted by atomic mass is 9.99. The lowest BCUT2D eigenvalue weighted by molar-refractivity contribution is 0.243. The first-order chi connectivity index (χ1) is 20.8. The van der Waals surface area contributed by atoms with Gasteiger partial charge in [-0.1, -0.05) is 103 Å². The number of aromatic nitrogens is 1. The minimum atomic E-state index is 0.115. The van der Waals surface area contributed by atoms with E-state index >= 15 is 0 Å². The van der Waals surface area contributed by atoms with Gasteiger partial charge in [0.1, 0.15) is 0 Å². The van der Waals surface area contributed by atoms with E-state index in [1.807, 2.05) is 11.3 Å². The van der Waals surface area contributed by atoms with E-state index in [4.69, 9.17) is 0 Å². The molecular weight excluding hydrogens is 531 g/mol. The summed E-state index contributed by atoms with van der Waals surface area (Å²) in [5, 5.41) is 7.64. The molecule has 0 amide bonds. The second kappa shape index (κ2) is 9.31. The highest BCUT2D eigenvalue weighted by Gasteiger charge is 2.32. The number of fused-ring (bicyclic) bond motifs is 7. The van der Waals surface area contributed by atoms with Crippen LogP contribution in [-0.2, 0) is 6.67 Å². The third kappa shape index (κ3) is 3.63. The second-order valence-electron chi connectivity index (χ2n) is 11.1. The number of nitrogens with zero attached hydrogens (tertiary/aromatic N) is 2. The van der Waals surface area contributed by atoms with Gasteiger partial charge in [-0.05, 0) is 53.1 Å². The molecule has 0 bridgehead atoms. The van der Waals surface area contributed by atoms with Gasteiger partial charge in [0.2, 0.25) is 0 Å². The number of rotatable bonds is 4. The van der Waals surface area contributed by atoms with Crippen LogP contribution in [0.4, 0.5) is 5.69 Å². The highest BCUT2D eigenvalue weighted by Crippen LogP contribution is 2.43. The summed E-state index contributed by atoms with van der Waals surface area (Å²) in [6.07, 6.45) is 0. The predicted octanol–water partition coefficient (Wildman–Crippen LogP) is 10.2. The van der Waals surface area contributed by atoms with Crippen molar-refractivity contribution >= 4 is 59.0 Å². The van der Waals surface area contributed by atoms with Crippen molar-refractivity contribution in [3.63, 3.8) is 0 Å². The van der Waals surface area contributed by atoms with Gasteiger partial charge in [0, 0.05) is 36.5 Å². The lowest BCUT2D eigenvalue weighted by Gasteiger charge is -2.26. The molecule has 6 aromatic carbocycles. The van der Waals surface area contributed by atoms with Crippen molar-refractivity contribution < 1.29 is 0 Å². The molecule has 0 aliphatic carbocycles. The smallest absolute Gasteiger partial charge is 0.0944 e. The molecule has 1 unspecified atom stereocenters. The van der Waals surface area contributed by atoms with Crippen molar-refractivity contribution in [1.29, 1.82) is 0 Å². The van der Waals surface area contributed by atoms with Crippen LogP contribution in [0.15, 0.2) is 140 Å². The molecular formula is C38H27N3S. The summed E-state index contributed by atoms with van der Waals surface area (Å²) in [5.74, 6) is 0. The minimum absolute atomic E-state index is 0.115. The largest absolute Gasteiger partial charge is 0.325 e. The van der Waals surface area contributed by atoms with Crippen molar-refractivity contribution in [1.82, 2.24) is 9.58 Å². The Bertz CT molecular complexity index is 2260. The zero-order valence-electron chi connectivity index (χ0n) is 22.9. The van der Waals surface area contributed by atoms with Gasteiger partial charge in [-0.25, -0.2) is 0 Å². The van der Waals surface area contributed by atoms with Gasteiger partial charge in [-0.15, -0.1) is 11.3 Å². The summed E-state index contributed by atoms with van der Waals surface area (Å²) >= 11 is 1.89. The summed E-state index contributed by atoms with van der Waals surface area (Å²) in [5.41, 5.74) is 12.5. The maximum Gasteiger partial charge on any atom is 0.0944 e. The fourth-order valence-electron chi connectivity index (χ4n) is 6.77. The molecule has 1 aliphatic rings. The molecule has 200 valence electrons. The predicted molar refractivity (Wildman–Crippen MR) is 178 cm³/mol. The molecule has 0 fully saturated rings. The Kier molecular flexibility index (Phi) is 5.27. The molecule has 2 aromatic heterocycles. The van der Waals surface area contributed by atoms with Crippen molar-refractivity contribution in [2.45, 2.75) is 12.7 Å². The Hall–Kier alpha value is -4.90. The van der Waals surface area contributed by atoms with Gasteiger partial charge in [-0.2, -0.15) is 5.01 Å². The maximum atomic E-state index is 3.76. The number of hydrogen-bond donors (Lipinski definition) is 1. The fraction of sp³-hybridized carbons (Fsp3) is 0.0526. The standard InChI is InChI=1S/C38H27N3S/c1-3-11-25(12-4-1)27-19-20-34-30(21-27)31-23-37-32(28-15-8-10-18-36(28)42-37)22-35(31)40(34)24-41-38(26-13-5-2-6-14-26)29-16-7-9-17-33(29)39-41/h1-23,38-39H,24H2. The van der Waals surface area contributed by atoms with Crippen LogP contribution in [0.5, 0.6) is 0 Å². The van der Waals surface area contributed by atoms with E-state index in [1.54, 1.807) is 0 Å². The Labute approximate surface area is 247 Å². The van der Waals surface area contributed by atoms with Gasteiger partial charge in [0.25, 0.3) is 0 Å². The molecule has 8 aromatic rings.